The number of esters is 2. The summed E-state index contributed by atoms with van der Waals surface area (Å²) in [4.78, 5) is 23.8. The molecule has 6 aromatic rings. The van der Waals surface area contributed by atoms with E-state index in [0.717, 1.165) is 30.7 Å². The van der Waals surface area contributed by atoms with Gasteiger partial charge in [-0.2, -0.15) is 62.9 Å². The van der Waals surface area contributed by atoms with Crippen LogP contribution in [0.5, 0.6) is 0 Å². The van der Waals surface area contributed by atoms with Crippen molar-refractivity contribution in [2.45, 2.75) is 48.2 Å². The maximum absolute atomic E-state index is 14.9. The SMILES string of the molecule is COC(=O)c1cc(-c2cnn(-c3c(Br)cc(C(F)(C(F)(F)F)C(F)(F)F)n3CBr)c2)ccc1Cl.COCn1c(C(F)(C(F)(F)F)C(F)(F)F)cc(Br)c1-n1cc(-c2ccc(Cl)c(C(=O)OC)c2)cn1. The van der Waals surface area contributed by atoms with Crippen LogP contribution in [0.1, 0.15) is 32.1 Å². The Labute approximate surface area is 413 Å². The number of benzene rings is 2. The van der Waals surface area contributed by atoms with Crippen LogP contribution in [0.25, 0.3) is 33.9 Å². The quantitative estimate of drug-likeness (QED) is 0.0722. The summed E-state index contributed by atoms with van der Waals surface area (Å²) in [6, 6.07) is 9.32. The van der Waals surface area contributed by atoms with Gasteiger partial charge in [-0.25, -0.2) is 27.7 Å². The first-order valence-corrected chi connectivity index (χ1v) is 21.7. The largest absolute Gasteiger partial charge is 0.465 e. The van der Waals surface area contributed by atoms with E-state index in [1.54, 1.807) is 0 Å². The Bertz CT molecular complexity index is 2850. The second kappa shape index (κ2) is 20.2. The van der Waals surface area contributed by atoms with E-state index in [0.29, 0.717) is 43.5 Å². The summed E-state index contributed by atoms with van der Waals surface area (Å²) in [7, 11) is 3.31. The lowest BCUT2D eigenvalue weighted by molar-refractivity contribution is -0.351. The van der Waals surface area contributed by atoms with Gasteiger partial charge in [0.2, 0.25) is 0 Å². The summed E-state index contributed by atoms with van der Waals surface area (Å²) in [6.45, 7) is -0.864. The van der Waals surface area contributed by atoms with Crippen molar-refractivity contribution in [1.29, 1.82) is 0 Å². The van der Waals surface area contributed by atoms with Gasteiger partial charge in [-0.3, -0.25) is 0 Å². The third-order valence-electron chi connectivity index (χ3n) is 9.70. The molecule has 0 fully saturated rings. The number of carbonyl (C=O) groups excluding carboxylic acids is 2. The first kappa shape index (κ1) is 55.3. The zero-order chi connectivity index (χ0) is 52.0. The smallest absolute Gasteiger partial charge is 0.437 e. The summed E-state index contributed by atoms with van der Waals surface area (Å²) < 4.78 is 206. The fourth-order valence-electron chi connectivity index (χ4n) is 6.45. The third-order valence-corrected chi connectivity index (χ3v) is 12.0. The molecule has 4 heterocycles. The fraction of sp³-hybridized carbons (Fsp3) is 0.282. The molecule has 2 aromatic carbocycles. The zero-order valence-electron chi connectivity index (χ0n) is 34.2. The highest BCUT2D eigenvalue weighted by Gasteiger charge is 2.76. The monoisotopic (exact) mass is 1230 g/mol. The molecule has 0 unspecified atom stereocenters. The Balaban J connectivity index is 0.000000258. The second-order valence-electron chi connectivity index (χ2n) is 13.8. The van der Waals surface area contributed by atoms with Gasteiger partial charge in [0.1, 0.15) is 12.5 Å². The molecule has 0 spiro atoms. The Morgan fingerprint density at radius 1 is 0.565 bits per heavy atom. The molecule has 374 valence electrons. The van der Waals surface area contributed by atoms with Crippen molar-refractivity contribution in [3.8, 4) is 33.9 Å². The molecule has 6 rings (SSSR count). The minimum Gasteiger partial charge on any atom is -0.465 e. The number of carbonyl (C=O) groups is 2. The van der Waals surface area contributed by atoms with Crippen LogP contribution in [0.15, 0.2) is 82.3 Å². The van der Waals surface area contributed by atoms with Crippen LogP contribution in [0, 0.1) is 0 Å². The number of alkyl halides is 15. The number of ether oxygens (including phenoxy) is 3. The van der Waals surface area contributed by atoms with Crippen molar-refractivity contribution < 1.29 is 85.3 Å². The molecular weight excluding hydrogens is 1210 g/mol. The highest BCUT2D eigenvalue weighted by Crippen LogP contribution is 2.56. The number of halogens is 19. The van der Waals surface area contributed by atoms with E-state index in [-0.39, 0.29) is 41.8 Å². The molecule has 0 N–H and O–H groups in total. The van der Waals surface area contributed by atoms with Gasteiger partial charge in [0, 0.05) is 30.6 Å². The topological polar surface area (TPSA) is 107 Å². The van der Waals surface area contributed by atoms with Gasteiger partial charge in [0.05, 0.1) is 73.6 Å². The van der Waals surface area contributed by atoms with Crippen LogP contribution >= 0.6 is 71.0 Å². The van der Waals surface area contributed by atoms with E-state index in [2.05, 4.69) is 67.5 Å². The highest BCUT2D eigenvalue weighted by atomic mass is 79.9. The Hall–Kier alpha value is -4.64. The Kier molecular flexibility index (Phi) is 16.2. The van der Waals surface area contributed by atoms with Crippen molar-refractivity contribution >= 4 is 82.9 Å². The highest BCUT2D eigenvalue weighted by molar-refractivity contribution is 9.11. The van der Waals surface area contributed by atoms with Gasteiger partial charge in [0.25, 0.3) is 0 Å². The molecule has 0 aliphatic carbocycles. The number of nitrogens with zero attached hydrogens (tertiary/aromatic N) is 6. The number of aromatic nitrogens is 6. The normalized spacial score (nSPS) is 12.8. The lowest BCUT2D eigenvalue weighted by Crippen LogP contribution is -2.51. The van der Waals surface area contributed by atoms with Crippen molar-refractivity contribution in [3.05, 3.63) is 115 Å². The molecule has 0 atom stereocenters. The fourth-order valence-corrected chi connectivity index (χ4v) is 8.57. The van der Waals surface area contributed by atoms with Gasteiger partial charge in [-0.05, 0) is 79.4 Å². The molecule has 0 radical (unpaired) electrons. The minimum atomic E-state index is -6.32. The average Bonchev–Trinajstić information content (AvgIpc) is 4.07. The maximum Gasteiger partial charge on any atom is 0.437 e. The number of hydrogen-bond donors (Lipinski definition) is 0. The van der Waals surface area contributed by atoms with Gasteiger partial charge < -0.3 is 23.3 Å². The van der Waals surface area contributed by atoms with E-state index < -0.39 is 71.6 Å². The van der Waals surface area contributed by atoms with E-state index in [1.807, 2.05) is 0 Å². The predicted molar refractivity (Wildman–Crippen MR) is 228 cm³/mol. The van der Waals surface area contributed by atoms with Crippen LogP contribution < -0.4 is 0 Å². The maximum atomic E-state index is 14.9. The molecule has 0 bridgehead atoms. The van der Waals surface area contributed by atoms with Crippen LogP contribution in [0.2, 0.25) is 10.0 Å². The predicted octanol–water partition coefficient (Wildman–Crippen LogP) is 13.6. The first-order valence-electron chi connectivity index (χ1n) is 18.2. The van der Waals surface area contributed by atoms with Gasteiger partial charge >= 0.3 is 48.0 Å². The lowest BCUT2D eigenvalue weighted by atomic mass is 10.0. The molecule has 69 heavy (non-hydrogen) atoms. The molecule has 0 aliphatic rings. The summed E-state index contributed by atoms with van der Waals surface area (Å²) in [5.74, 6) is -2.14. The third kappa shape index (κ3) is 10.3. The van der Waals surface area contributed by atoms with Gasteiger partial charge in [0.15, 0.2) is 5.82 Å². The molecule has 0 saturated heterocycles. The Morgan fingerprint density at radius 2 is 0.913 bits per heavy atom. The van der Waals surface area contributed by atoms with Gasteiger partial charge in [-0.15, -0.1) is 0 Å². The number of rotatable bonds is 11. The van der Waals surface area contributed by atoms with Crippen molar-refractivity contribution in [1.82, 2.24) is 28.7 Å². The molecule has 0 amide bonds. The number of methoxy groups -OCH3 is 3. The van der Waals surface area contributed by atoms with Crippen LogP contribution in [0.3, 0.4) is 0 Å². The van der Waals surface area contributed by atoms with E-state index >= 15 is 0 Å². The summed E-state index contributed by atoms with van der Waals surface area (Å²) in [6.07, 6.45) is -20.2. The van der Waals surface area contributed by atoms with Crippen LogP contribution in [-0.2, 0) is 37.7 Å². The molecule has 4 aromatic heterocycles. The van der Waals surface area contributed by atoms with Crippen LogP contribution in [-0.4, -0.2) is 86.7 Å². The Morgan fingerprint density at radius 3 is 1.23 bits per heavy atom. The van der Waals surface area contributed by atoms with Crippen molar-refractivity contribution in [2.24, 2.45) is 0 Å². The lowest BCUT2D eigenvalue weighted by Gasteiger charge is -2.31. The average molecular weight is 1230 g/mol. The zero-order valence-corrected chi connectivity index (χ0v) is 40.5. The number of hydrogen-bond acceptors (Lipinski definition) is 7. The summed E-state index contributed by atoms with van der Waals surface area (Å²) in [5.41, 5.74) is -13.9. The van der Waals surface area contributed by atoms with E-state index in [9.17, 15) is 71.1 Å². The molecular formula is C39H25Br3Cl2F14N6O5. The minimum absolute atomic E-state index is 0.0169. The van der Waals surface area contributed by atoms with Crippen LogP contribution in [0.4, 0.5) is 61.5 Å². The molecule has 30 heteroatoms. The van der Waals surface area contributed by atoms with E-state index in [4.69, 9.17) is 27.9 Å². The molecule has 0 aliphatic heterocycles. The molecule has 0 saturated carbocycles. The first-order chi connectivity index (χ1) is 31.8. The standard InChI is InChI=1S/C20H14BrClF7N3O3.C19H11Br2ClF7N3O2/c1-34-9-31-15(18(23,19(24,25)26)20(27,28)29)6-13(21)16(31)32-8-11(7-30-32)10-3-4-14(22)12(5-10)17(33)35-2;1-34-16(33)11-4-9(2-3-13(11)22)10-6-30-32(7-10)15-12(21)5-14(31(15)8-20)17(23,18(24,25)26)19(27,28)29/h3-8H,9H2,1-2H3;2-7H,8H2,1H3. The van der Waals surface area contributed by atoms with Crippen molar-refractivity contribution in [3.63, 3.8) is 0 Å². The van der Waals surface area contributed by atoms with E-state index in [1.165, 1.54) is 61.2 Å². The summed E-state index contributed by atoms with van der Waals surface area (Å²) >= 11 is 20.6. The second-order valence-corrected chi connectivity index (χ2v) is 16.8. The van der Waals surface area contributed by atoms with Crippen molar-refractivity contribution in [2.75, 3.05) is 21.3 Å². The summed E-state index contributed by atoms with van der Waals surface area (Å²) in [5, 5.41) is 8.15. The molecule has 11 nitrogen and oxygen atoms in total. The van der Waals surface area contributed by atoms with Gasteiger partial charge in [-0.1, -0.05) is 51.3 Å².